The molecule has 2 N–H and O–H groups in total. The molecule has 0 radical (unpaired) electrons. The molecule has 0 spiro atoms. The Morgan fingerprint density at radius 2 is 2.37 bits per heavy atom. The van der Waals surface area contributed by atoms with Gasteiger partial charge in [-0.15, -0.1) is 0 Å². The SMILES string of the molecule is CCCNc1cc(N2CCOC(CO)C2)nc(C)n1. The molecule has 0 aromatic carbocycles. The minimum atomic E-state index is -0.129. The third-order valence-corrected chi connectivity index (χ3v) is 3.05. The highest BCUT2D eigenvalue weighted by Crippen LogP contribution is 2.18. The summed E-state index contributed by atoms with van der Waals surface area (Å²) in [7, 11) is 0. The zero-order valence-electron chi connectivity index (χ0n) is 11.6. The van der Waals surface area contributed by atoms with Crippen LogP contribution in [0.15, 0.2) is 6.07 Å². The van der Waals surface area contributed by atoms with Gasteiger partial charge >= 0.3 is 0 Å². The Kier molecular flexibility index (Phi) is 4.93. The lowest BCUT2D eigenvalue weighted by atomic mass is 10.3. The number of aliphatic hydroxyl groups excluding tert-OH is 1. The molecule has 2 heterocycles. The molecule has 1 fully saturated rings. The lowest BCUT2D eigenvalue weighted by Gasteiger charge is -2.33. The quantitative estimate of drug-likeness (QED) is 0.821. The summed E-state index contributed by atoms with van der Waals surface area (Å²) >= 11 is 0. The minimum Gasteiger partial charge on any atom is -0.394 e. The van der Waals surface area contributed by atoms with Crippen LogP contribution in [-0.4, -0.2) is 54.0 Å². The Morgan fingerprint density at radius 3 is 3.11 bits per heavy atom. The summed E-state index contributed by atoms with van der Waals surface area (Å²) in [5.74, 6) is 2.51. The minimum absolute atomic E-state index is 0.0432. The van der Waals surface area contributed by atoms with Crippen LogP contribution in [0.3, 0.4) is 0 Å². The fourth-order valence-corrected chi connectivity index (χ4v) is 2.10. The van der Waals surface area contributed by atoms with Crippen molar-refractivity contribution in [2.45, 2.75) is 26.4 Å². The Hall–Kier alpha value is -1.40. The number of aromatic nitrogens is 2. The predicted octanol–water partition coefficient (Wildman–Crippen LogP) is 0.804. The van der Waals surface area contributed by atoms with Gasteiger partial charge in [0, 0.05) is 25.7 Å². The lowest BCUT2D eigenvalue weighted by Crippen LogP contribution is -2.44. The largest absolute Gasteiger partial charge is 0.394 e. The third-order valence-electron chi connectivity index (χ3n) is 3.05. The van der Waals surface area contributed by atoms with Crippen LogP contribution >= 0.6 is 0 Å². The molecule has 19 heavy (non-hydrogen) atoms. The van der Waals surface area contributed by atoms with Crippen molar-refractivity contribution in [3.05, 3.63) is 11.9 Å². The molecule has 106 valence electrons. The number of rotatable bonds is 5. The average molecular weight is 266 g/mol. The van der Waals surface area contributed by atoms with Crippen molar-refractivity contribution in [3.8, 4) is 0 Å². The second-order valence-electron chi connectivity index (χ2n) is 4.71. The Labute approximate surface area is 113 Å². The van der Waals surface area contributed by atoms with Crippen LogP contribution in [0.4, 0.5) is 11.6 Å². The Balaban J connectivity index is 2.11. The molecule has 0 amide bonds. The molecular formula is C13H22N4O2. The maximum absolute atomic E-state index is 9.18. The lowest BCUT2D eigenvalue weighted by molar-refractivity contribution is 0.00335. The number of anilines is 2. The van der Waals surface area contributed by atoms with Gasteiger partial charge in [0.1, 0.15) is 17.5 Å². The summed E-state index contributed by atoms with van der Waals surface area (Å²) in [5.41, 5.74) is 0. The second-order valence-corrected chi connectivity index (χ2v) is 4.71. The van der Waals surface area contributed by atoms with Crippen LogP contribution < -0.4 is 10.2 Å². The zero-order valence-corrected chi connectivity index (χ0v) is 11.6. The molecule has 0 saturated carbocycles. The molecule has 0 bridgehead atoms. The van der Waals surface area contributed by atoms with Gasteiger partial charge in [0.2, 0.25) is 0 Å². The second kappa shape index (κ2) is 6.68. The molecule has 2 rings (SSSR count). The first-order valence-corrected chi connectivity index (χ1v) is 6.80. The van der Waals surface area contributed by atoms with E-state index in [2.05, 4.69) is 27.1 Å². The van der Waals surface area contributed by atoms with Crippen LogP contribution in [0.1, 0.15) is 19.2 Å². The van der Waals surface area contributed by atoms with E-state index in [9.17, 15) is 5.11 Å². The van der Waals surface area contributed by atoms with Gasteiger partial charge in [-0.1, -0.05) is 6.92 Å². The normalized spacial score (nSPS) is 19.5. The number of hydrogen-bond donors (Lipinski definition) is 2. The first kappa shape index (κ1) is 14.0. The predicted molar refractivity (Wildman–Crippen MR) is 74.6 cm³/mol. The molecule has 1 atom stereocenters. The van der Waals surface area contributed by atoms with Gasteiger partial charge in [0.25, 0.3) is 0 Å². The van der Waals surface area contributed by atoms with Crippen LogP contribution in [0, 0.1) is 6.92 Å². The molecule has 1 aliphatic heterocycles. The molecule has 1 unspecified atom stereocenters. The van der Waals surface area contributed by atoms with E-state index in [1.807, 2.05) is 13.0 Å². The summed E-state index contributed by atoms with van der Waals surface area (Å²) < 4.78 is 5.45. The molecule has 6 heteroatoms. The van der Waals surface area contributed by atoms with E-state index in [4.69, 9.17) is 4.74 Å². The third kappa shape index (κ3) is 3.78. The fourth-order valence-electron chi connectivity index (χ4n) is 2.10. The van der Waals surface area contributed by atoms with Gasteiger partial charge in [-0.3, -0.25) is 0 Å². The van der Waals surface area contributed by atoms with E-state index in [0.717, 1.165) is 37.0 Å². The highest BCUT2D eigenvalue weighted by Gasteiger charge is 2.21. The summed E-state index contributed by atoms with van der Waals surface area (Å²) in [5, 5.41) is 12.5. The van der Waals surface area contributed by atoms with Crippen LogP contribution in [0.5, 0.6) is 0 Å². The molecule has 1 aromatic rings. The molecule has 0 aliphatic carbocycles. The van der Waals surface area contributed by atoms with Gasteiger partial charge < -0.3 is 20.1 Å². The highest BCUT2D eigenvalue weighted by atomic mass is 16.5. The van der Waals surface area contributed by atoms with Crippen molar-refractivity contribution < 1.29 is 9.84 Å². The highest BCUT2D eigenvalue weighted by molar-refractivity contribution is 5.49. The fraction of sp³-hybridized carbons (Fsp3) is 0.692. The van der Waals surface area contributed by atoms with Crippen LogP contribution in [-0.2, 0) is 4.74 Å². The summed E-state index contributed by atoms with van der Waals surface area (Å²) in [6.45, 7) is 7.03. The van der Waals surface area contributed by atoms with E-state index < -0.39 is 0 Å². The summed E-state index contributed by atoms with van der Waals surface area (Å²) in [6, 6.07) is 1.96. The van der Waals surface area contributed by atoms with Crippen molar-refractivity contribution in [1.29, 1.82) is 0 Å². The first-order chi connectivity index (χ1) is 9.22. The standard InChI is InChI=1S/C13H22N4O2/c1-3-4-14-12-7-13(16-10(2)15-12)17-5-6-19-11(8-17)9-18/h7,11,18H,3-6,8-9H2,1-2H3,(H,14,15,16). The van der Waals surface area contributed by atoms with Gasteiger partial charge in [0.15, 0.2) is 0 Å². The molecule has 1 aromatic heterocycles. The van der Waals surface area contributed by atoms with Crippen molar-refractivity contribution in [2.75, 3.05) is 43.1 Å². The molecule has 1 saturated heterocycles. The molecular weight excluding hydrogens is 244 g/mol. The number of morpholine rings is 1. The van der Waals surface area contributed by atoms with Gasteiger partial charge in [-0.25, -0.2) is 9.97 Å². The monoisotopic (exact) mass is 266 g/mol. The van der Waals surface area contributed by atoms with Gasteiger partial charge in [0.05, 0.1) is 19.3 Å². The average Bonchev–Trinajstić information content (AvgIpc) is 2.44. The van der Waals surface area contributed by atoms with Gasteiger partial charge in [-0.05, 0) is 13.3 Å². The van der Waals surface area contributed by atoms with Crippen LogP contribution in [0.2, 0.25) is 0 Å². The number of aliphatic hydroxyl groups is 1. The van der Waals surface area contributed by atoms with E-state index >= 15 is 0 Å². The Bertz CT molecular complexity index is 414. The maximum atomic E-state index is 9.18. The van der Waals surface area contributed by atoms with E-state index in [1.165, 1.54) is 0 Å². The number of hydrogen-bond acceptors (Lipinski definition) is 6. The molecule has 6 nitrogen and oxygen atoms in total. The summed E-state index contributed by atoms with van der Waals surface area (Å²) in [4.78, 5) is 11.0. The van der Waals surface area contributed by atoms with E-state index in [1.54, 1.807) is 0 Å². The van der Waals surface area contributed by atoms with Crippen LogP contribution in [0.25, 0.3) is 0 Å². The number of nitrogens with one attached hydrogen (secondary N) is 1. The van der Waals surface area contributed by atoms with Crippen molar-refractivity contribution in [1.82, 2.24) is 9.97 Å². The smallest absolute Gasteiger partial charge is 0.134 e. The van der Waals surface area contributed by atoms with Gasteiger partial charge in [-0.2, -0.15) is 0 Å². The Morgan fingerprint density at radius 1 is 1.53 bits per heavy atom. The molecule has 1 aliphatic rings. The van der Waals surface area contributed by atoms with Crippen molar-refractivity contribution in [3.63, 3.8) is 0 Å². The number of aryl methyl sites for hydroxylation is 1. The topological polar surface area (TPSA) is 70.5 Å². The van der Waals surface area contributed by atoms with Crippen molar-refractivity contribution in [2.24, 2.45) is 0 Å². The summed E-state index contributed by atoms with van der Waals surface area (Å²) in [6.07, 6.45) is 0.929. The number of nitrogens with zero attached hydrogens (tertiary/aromatic N) is 3. The number of ether oxygens (including phenoxy) is 1. The first-order valence-electron chi connectivity index (χ1n) is 6.80. The van der Waals surface area contributed by atoms with E-state index in [0.29, 0.717) is 13.2 Å². The maximum Gasteiger partial charge on any atom is 0.134 e. The van der Waals surface area contributed by atoms with Crippen molar-refractivity contribution >= 4 is 11.6 Å². The van der Waals surface area contributed by atoms with E-state index in [-0.39, 0.29) is 12.7 Å². The zero-order chi connectivity index (χ0) is 13.7.